The molecule has 2 amide bonds. The first-order valence-corrected chi connectivity index (χ1v) is 11.4. The molecule has 0 unspecified atom stereocenters. The van der Waals surface area contributed by atoms with Crippen LogP contribution in [0.15, 0.2) is 60.0 Å². The van der Waals surface area contributed by atoms with Gasteiger partial charge in [0.2, 0.25) is 5.91 Å². The maximum Gasteiger partial charge on any atom is 0.251 e. The molecule has 0 aliphatic carbocycles. The molecule has 0 bridgehead atoms. The van der Waals surface area contributed by atoms with Crippen molar-refractivity contribution in [3.63, 3.8) is 0 Å². The van der Waals surface area contributed by atoms with Crippen molar-refractivity contribution in [1.82, 2.24) is 15.2 Å². The average molecular weight is 435 g/mol. The minimum atomic E-state index is -0.0536. The highest BCUT2D eigenvalue weighted by Gasteiger charge is 2.22. The zero-order valence-corrected chi connectivity index (χ0v) is 18.3. The maximum atomic E-state index is 12.6. The Morgan fingerprint density at radius 2 is 1.77 bits per heavy atom. The van der Waals surface area contributed by atoms with E-state index in [1.54, 1.807) is 11.3 Å². The molecule has 3 aromatic rings. The monoisotopic (exact) mass is 434 g/mol. The Morgan fingerprint density at radius 1 is 1.06 bits per heavy atom. The van der Waals surface area contributed by atoms with Crippen molar-refractivity contribution in [2.24, 2.45) is 0 Å². The number of thiazole rings is 1. The third-order valence-corrected chi connectivity index (χ3v) is 6.37. The van der Waals surface area contributed by atoms with Gasteiger partial charge in [0.05, 0.1) is 6.54 Å². The lowest BCUT2D eigenvalue weighted by atomic mass is 10.0. The second kappa shape index (κ2) is 9.85. The molecule has 1 aromatic heterocycles. The molecule has 0 saturated carbocycles. The number of para-hydroxylation sites is 1. The summed E-state index contributed by atoms with van der Waals surface area (Å²) in [5, 5.41) is 9.04. The van der Waals surface area contributed by atoms with Gasteiger partial charge < -0.3 is 10.6 Å². The summed E-state index contributed by atoms with van der Waals surface area (Å²) < 4.78 is 0. The first-order valence-electron chi connectivity index (χ1n) is 10.5. The van der Waals surface area contributed by atoms with Crippen LogP contribution < -0.4 is 10.6 Å². The minimum Gasteiger partial charge on any atom is -0.349 e. The number of rotatable bonds is 6. The summed E-state index contributed by atoms with van der Waals surface area (Å²) in [6.07, 6.45) is 1.67. The van der Waals surface area contributed by atoms with E-state index in [0.717, 1.165) is 47.9 Å². The van der Waals surface area contributed by atoms with Gasteiger partial charge >= 0.3 is 0 Å². The second-order valence-electron chi connectivity index (χ2n) is 7.81. The highest BCUT2D eigenvalue weighted by Crippen LogP contribution is 2.23. The molecule has 2 aromatic carbocycles. The molecule has 6 nitrogen and oxygen atoms in total. The van der Waals surface area contributed by atoms with Crippen LogP contribution in [-0.4, -0.2) is 47.4 Å². The van der Waals surface area contributed by atoms with E-state index in [0.29, 0.717) is 12.1 Å². The van der Waals surface area contributed by atoms with E-state index >= 15 is 0 Å². The molecular weight excluding hydrogens is 408 g/mol. The molecule has 1 aliphatic rings. The molecule has 7 heteroatoms. The van der Waals surface area contributed by atoms with Crippen LogP contribution >= 0.6 is 11.3 Å². The van der Waals surface area contributed by atoms with Gasteiger partial charge in [0.1, 0.15) is 5.01 Å². The molecular formula is C24H26N4O2S. The van der Waals surface area contributed by atoms with Gasteiger partial charge in [-0.15, -0.1) is 11.3 Å². The van der Waals surface area contributed by atoms with Crippen LogP contribution in [0, 0.1) is 6.92 Å². The standard InChI is InChI=1S/C24H26N4O2S/c1-17-16-31-24(25-17)19-9-7-18(8-10-19)23(30)27-21-11-13-28(14-12-21)15-22(29)26-20-5-3-2-4-6-20/h2-10,16,21H,11-15H2,1H3,(H,26,29)(H,27,30). The summed E-state index contributed by atoms with van der Waals surface area (Å²) in [6, 6.07) is 17.2. The predicted molar refractivity (Wildman–Crippen MR) is 124 cm³/mol. The van der Waals surface area contributed by atoms with Crippen molar-refractivity contribution in [3.8, 4) is 10.6 Å². The van der Waals surface area contributed by atoms with Gasteiger partial charge in [-0.1, -0.05) is 30.3 Å². The van der Waals surface area contributed by atoms with E-state index in [1.165, 1.54) is 0 Å². The van der Waals surface area contributed by atoms with E-state index in [2.05, 4.69) is 20.5 Å². The lowest BCUT2D eigenvalue weighted by Gasteiger charge is -2.31. The van der Waals surface area contributed by atoms with Crippen LogP contribution in [-0.2, 0) is 4.79 Å². The highest BCUT2D eigenvalue weighted by molar-refractivity contribution is 7.13. The lowest BCUT2D eigenvalue weighted by Crippen LogP contribution is -2.46. The SMILES string of the molecule is Cc1csc(-c2ccc(C(=O)NC3CCN(CC(=O)Nc4ccccc4)CC3)cc2)n1. The topological polar surface area (TPSA) is 74.3 Å². The quantitative estimate of drug-likeness (QED) is 0.616. The minimum absolute atomic E-state index is 0.0100. The van der Waals surface area contributed by atoms with Crippen molar-refractivity contribution in [2.45, 2.75) is 25.8 Å². The lowest BCUT2D eigenvalue weighted by molar-refractivity contribution is -0.117. The highest BCUT2D eigenvalue weighted by atomic mass is 32.1. The van der Waals surface area contributed by atoms with Crippen molar-refractivity contribution < 1.29 is 9.59 Å². The maximum absolute atomic E-state index is 12.6. The van der Waals surface area contributed by atoms with Gasteiger partial charge in [-0.05, 0) is 44.0 Å². The van der Waals surface area contributed by atoms with Crippen LogP contribution in [0.1, 0.15) is 28.9 Å². The number of hydrogen-bond acceptors (Lipinski definition) is 5. The Morgan fingerprint density at radius 3 is 2.42 bits per heavy atom. The van der Waals surface area contributed by atoms with Crippen molar-refractivity contribution in [2.75, 3.05) is 25.0 Å². The summed E-state index contributed by atoms with van der Waals surface area (Å²) in [7, 11) is 0. The third kappa shape index (κ3) is 5.77. The van der Waals surface area contributed by atoms with Crippen LogP contribution in [0.25, 0.3) is 10.6 Å². The van der Waals surface area contributed by atoms with Gasteiger partial charge in [0.15, 0.2) is 0 Å². The molecule has 31 heavy (non-hydrogen) atoms. The van der Waals surface area contributed by atoms with E-state index in [9.17, 15) is 9.59 Å². The number of hydrogen-bond donors (Lipinski definition) is 2. The second-order valence-corrected chi connectivity index (χ2v) is 8.67. The molecule has 1 saturated heterocycles. The molecule has 0 radical (unpaired) electrons. The number of nitrogens with one attached hydrogen (secondary N) is 2. The summed E-state index contributed by atoms with van der Waals surface area (Å²) in [4.78, 5) is 31.5. The first kappa shape index (κ1) is 21.2. The van der Waals surface area contributed by atoms with Crippen LogP contribution in [0.5, 0.6) is 0 Å². The number of aromatic nitrogens is 1. The Labute approximate surface area is 186 Å². The van der Waals surface area contributed by atoms with Crippen molar-refractivity contribution in [1.29, 1.82) is 0 Å². The molecule has 4 rings (SSSR count). The van der Waals surface area contributed by atoms with E-state index in [1.807, 2.05) is 66.9 Å². The van der Waals surface area contributed by atoms with Crippen LogP contribution in [0.2, 0.25) is 0 Å². The fraction of sp³-hybridized carbons (Fsp3) is 0.292. The molecule has 0 spiro atoms. The molecule has 2 heterocycles. The average Bonchev–Trinajstić information content (AvgIpc) is 3.22. The number of amides is 2. The largest absolute Gasteiger partial charge is 0.349 e. The zero-order valence-electron chi connectivity index (χ0n) is 17.5. The van der Waals surface area contributed by atoms with Gasteiger partial charge in [-0.25, -0.2) is 4.98 Å². The van der Waals surface area contributed by atoms with Gasteiger partial charge in [0, 0.05) is 47.0 Å². The summed E-state index contributed by atoms with van der Waals surface area (Å²) in [6.45, 7) is 3.92. The number of benzene rings is 2. The number of carbonyl (C=O) groups excluding carboxylic acids is 2. The zero-order chi connectivity index (χ0) is 21.6. The summed E-state index contributed by atoms with van der Waals surface area (Å²) in [5.74, 6) is -0.0636. The Balaban J connectivity index is 1.23. The van der Waals surface area contributed by atoms with E-state index < -0.39 is 0 Å². The molecule has 2 N–H and O–H groups in total. The molecule has 1 fully saturated rings. The Hall–Kier alpha value is -3.03. The van der Waals surface area contributed by atoms with Crippen LogP contribution in [0.4, 0.5) is 5.69 Å². The normalized spacial score (nSPS) is 14.9. The fourth-order valence-electron chi connectivity index (χ4n) is 3.68. The number of anilines is 1. The molecule has 1 aliphatic heterocycles. The molecule has 160 valence electrons. The van der Waals surface area contributed by atoms with Crippen LogP contribution in [0.3, 0.4) is 0 Å². The number of aryl methyl sites for hydroxylation is 1. The van der Waals surface area contributed by atoms with E-state index in [-0.39, 0.29) is 17.9 Å². The molecule has 0 atom stereocenters. The predicted octanol–water partition coefficient (Wildman–Crippen LogP) is 3.95. The van der Waals surface area contributed by atoms with Gasteiger partial charge in [0.25, 0.3) is 5.91 Å². The van der Waals surface area contributed by atoms with Crippen molar-refractivity contribution >= 4 is 28.8 Å². The van der Waals surface area contributed by atoms with Gasteiger partial charge in [-0.3, -0.25) is 14.5 Å². The Bertz CT molecular complexity index is 1030. The number of piperidine rings is 1. The number of carbonyl (C=O) groups is 2. The number of likely N-dealkylation sites (tertiary alicyclic amines) is 1. The fourth-order valence-corrected chi connectivity index (χ4v) is 4.48. The summed E-state index contributed by atoms with van der Waals surface area (Å²) >= 11 is 1.61. The number of nitrogens with zero attached hydrogens (tertiary/aromatic N) is 2. The van der Waals surface area contributed by atoms with Crippen molar-refractivity contribution in [3.05, 3.63) is 71.2 Å². The smallest absolute Gasteiger partial charge is 0.251 e. The summed E-state index contributed by atoms with van der Waals surface area (Å²) in [5.41, 5.74) is 3.50. The van der Waals surface area contributed by atoms with Gasteiger partial charge in [-0.2, -0.15) is 0 Å². The Kier molecular flexibility index (Phi) is 6.74. The third-order valence-electron chi connectivity index (χ3n) is 5.36. The first-order chi connectivity index (χ1) is 15.1. The van der Waals surface area contributed by atoms with E-state index in [4.69, 9.17) is 0 Å².